The Bertz CT molecular complexity index is 724. The summed E-state index contributed by atoms with van der Waals surface area (Å²) in [5.74, 6) is -0.574. The predicted octanol–water partition coefficient (Wildman–Crippen LogP) is 2.34. The molecule has 2 N–H and O–H groups in total. The Balaban J connectivity index is 2.17. The van der Waals surface area contributed by atoms with Gasteiger partial charge >= 0.3 is 5.97 Å². The van der Waals surface area contributed by atoms with Gasteiger partial charge in [-0.3, -0.25) is 9.59 Å². The second kappa shape index (κ2) is 7.44. The first kappa shape index (κ1) is 17.2. The predicted molar refractivity (Wildman–Crippen MR) is 88.6 cm³/mol. The molecule has 1 unspecified atom stereocenters. The maximum absolute atomic E-state index is 12.5. The summed E-state index contributed by atoms with van der Waals surface area (Å²) in [4.78, 5) is 24.1. The number of ketones is 1. The number of ether oxygens (including phenoxy) is 1. The van der Waals surface area contributed by atoms with E-state index in [0.29, 0.717) is 22.6 Å². The number of hydrogen-bond donors (Lipinski definition) is 1. The van der Waals surface area contributed by atoms with Crippen molar-refractivity contribution < 1.29 is 14.3 Å². The number of nitrogens with zero attached hydrogens (tertiary/aromatic N) is 1. The molecule has 0 saturated heterocycles. The lowest BCUT2D eigenvalue weighted by atomic mass is 10.1. The minimum Gasteiger partial charge on any atom is -0.465 e. The van der Waals surface area contributed by atoms with Crippen molar-refractivity contribution in [3.8, 4) is 0 Å². The van der Waals surface area contributed by atoms with Crippen LogP contribution >= 0.6 is 11.6 Å². The Kier molecular flexibility index (Phi) is 5.58. The molecule has 1 heterocycles. The first-order valence-corrected chi connectivity index (χ1v) is 7.68. The fourth-order valence-corrected chi connectivity index (χ4v) is 2.48. The molecule has 2 rings (SSSR count). The van der Waals surface area contributed by atoms with E-state index in [1.807, 2.05) is 7.05 Å². The second-order valence-electron chi connectivity index (χ2n) is 5.23. The molecular weight excluding hydrogens is 316 g/mol. The quantitative estimate of drug-likeness (QED) is 0.650. The van der Waals surface area contributed by atoms with E-state index in [-0.39, 0.29) is 12.4 Å². The van der Waals surface area contributed by atoms with Gasteiger partial charge in [-0.05, 0) is 25.1 Å². The van der Waals surface area contributed by atoms with Gasteiger partial charge in [0.25, 0.3) is 0 Å². The van der Waals surface area contributed by atoms with Crippen molar-refractivity contribution in [1.82, 2.24) is 4.57 Å². The zero-order valence-corrected chi connectivity index (χ0v) is 13.8. The topological polar surface area (TPSA) is 74.3 Å². The molecular formula is C17H19ClN2O3. The minimum absolute atomic E-state index is 0.126. The van der Waals surface area contributed by atoms with Gasteiger partial charge in [-0.2, -0.15) is 0 Å². The highest BCUT2D eigenvalue weighted by Crippen LogP contribution is 2.17. The molecule has 1 aromatic carbocycles. The Morgan fingerprint density at radius 1 is 1.30 bits per heavy atom. The summed E-state index contributed by atoms with van der Waals surface area (Å²) in [7, 11) is 1.81. The Morgan fingerprint density at radius 2 is 2.04 bits per heavy atom. The number of aryl methyl sites for hydroxylation is 1. The van der Waals surface area contributed by atoms with E-state index in [9.17, 15) is 9.59 Å². The summed E-state index contributed by atoms with van der Waals surface area (Å²) in [5.41, 5.74) is 7.66. The van der Waals surface area contributed by atoms with Gasteiger partial charge in [0, 0.05) is 41.5 Å². The third kappa shape index (κ3) is 4.21. The number of aromatic nitrogens is 1. The molecule has 0 bridgehead atoms. The molecule has 0 fully saturated rings. The number of carbonyl (C=O) groups excluding carboxylic acids is 2. The SMILES string of the molecule is CCOC(=O)C(N)Cc1cc(C(=O)c2cccc(Cl)c2)cn1C. The van der Waals surface area contributed by atoms with Gasteiger partial charge in [0.15, 0.2) is 5.78 Å². The monoisotopic (exact) mass is 334 g/mol. The summed E-state index contributed by atoms with van der Waals surface area (Å²) in [5, 5.41) is 0.510. The van der Waals surface area contributed by atoms with E-state index in [1.54, 1.807) is 48.0 Å². The van der Waals surface area contributed by atoms with E-state index in [4.69, 9.17) is 22.1 Å². The van der Waals surface area contributed by atoms with Crippen LogP contribution in [0.4, 0.5) is 0 Å². The van der Waals surface area contributed by atoms with Crippen molar-refractivity contribution in [2.45, 2.75) is 19.4 Å². The normalized spacial score (nSPS) is 12.0. The van der Waals surface area contributed by atoms with Crippen molar-refractivity contribution in [2.24, 2.45) is 12.8 Å². The van der Waals surface area contributed by atoms with Crippen molar-refractivity contribution in [2.75, 3.05) is 6.61 Å². The third-order valence-electron chi connectivity index (χ3n) is 3.48. The summed E-state index contributed by atoms with van der Waals surface area (Å²) in [6.45, 7) is 2.02. The minimum atomic E-state index is -0.752. The van der Waals surface area contributed by atoms with Crippen LogP contribution in [0.1, 0.15) is 28.5 Å². The standard InChI is InChI=1S/C17H19ClN2O3/c1-3-23-17(22)15(19)9-14-8-12(10-20(14)2)16(21)11-5-4-6-13(18)7-11/h4-8,10,15H,3,9,19H2,1-2H3. The van der Waals surface area contributed by atoms with E-state index in [0.717, 1.165) is 5.69 Å². The van der Waals surface area contributed by atoms with E-state index < -0.39 is 12.0 Å². The molecule has 0 radical (unpaired) electrons. The van der Waals surface area contributed by atoms with Gasteiger partial charge in [0.05, 0.1) is 6.61 Å². The number of nitrogens with two attached hydrogens (primary N) is 1. The summed E-state index contributed by atoms with van der Waals surface area (Å²) in [6, 6.07) is 7.77. The first-order chi connectivity index (χ1) is 10.9. The summed E-state index contributed by atoms with van der Waals surface area (Å²) >= 11 is 5.92. The molecule has 6 heteroatoms. The van der Waals surface area contributed by atoms with Crippen LogP contribution in [0.15, 0.2) is 36.5 Å². The maximum atomic E-state index is 12.5. The Morgan fingerprint density at radius 3 is 2.70 bits per heavy atom. The lowest BCUT2D eigenvalue weighted by molar-refractivity contribution is -0.144. The molecule has 2 aromatic rings. The van der Waals surface area contributed by atoms with Crippen LogP contribution < -0.4 is 5.73 Å². The number of halogens is 1. The fourth-order valence-electron chi connectivity index (χ4n) is 2.29. The average Bonchev–Trinajstić information content (AvgIpc) is 2.87. The molecule has 5 nitrogen and oxygen atoms in total. The number of esters is 1. The largest absolute Gasteiger partial charge is 0.465 e. The molecule has 1 atom stereocenters. The Hall–Kier alpha value is -2.11. The number of carbonyl (C=O) groups is 2. The molecule has 0 amide bonds. The first-order valence-electron chi connectivity index (χ1n) is 7.30. The number of hydrogen-bond acceptors (Lipinski definition) is 4. The van der Waals surface area contributed by atoms with E-state index in [2.05, 4.69) is 0 Å². The molecule has 23 heavy (non-hydrogen) atoms. The van der Waals surface area contributed by atoms with Gasteiger partial charge in [-0.1, -0.05) is 23.7 Å². The third-order valence-corrected chi connectivity index (χ3v) is 3.71. The molecule has 0 aliphatic heterocycles. The highest BCUT2D eigenvalue weighted by molar-refractivity contribution is 6.31. The van der Waals surface area contributed by atoms with Crippen LogP contribution in [0.2, 0.25) is 5.02 Å². The number of benzene rings is 1. The van der Waals surface area contributed by atoms with Gasteiger partial charge in [0.2, 0.25) is 0 Å². The summed E-state index contributed by atoms with van der Waals surface area (Å²) < 4.78 is 6.69. The van der Waals surface area contributed by atoms with Crippen LogP contribution in [0.25, 0.3) is 0 Å². The summed E-state index contributed by atoms with van der Waals surface area (Å²) in [6.07, 6.45) is 2.02. The Labute approximate surface area is 140 Å². The van der Waals surface area contributed by atoms with Crippen LogP contribution in [0.5, 0.6) is 0 Å². The maximum Gasteiger partial charge on any atom is 0.323 e. The lowest BCUT2D eigenvalue weighted by Gasteiger charge is -2.10. The highest BCUT2D eigenvalue weighted by atomic mass is 35.5. The van der Waals surface area contributed by atoms with Crippen molar-refractivity contribution in [1.29, 1.82) is 0 Å². The molecule has 0 saturated carbocycles. The second-order valence-corrected chi connectivity index (χ2v) is 5.67. The van der Waals surface area contributed by atoms with Gasteiger partial charge < -0.3 is 15.0 Å². The van der Waals surface area contributed by atoms with Crippen LogP contribution in [0.3, 0.4) is 0 Å². The zero-order valence-electron chi connectivity index (χ0n) is 13.1. The lowest BCUT2D eigenvalue weighted by Crippen LogP contribution is -2.34. The van der Waals surface area contributed by atoms with Gasteiger partial charge in [0.1, 0.15) is 6.04 Å². The molecule has 0 spiro atoms. The average molecular weight is 335 g/mol. The molecule has 0 aliphatic rings. The van der Waals surface area contributed by atoms with Crippen molar-refractivity contribution in [3.05, 3.63) is 58.4 Å². The van der Waals surface area contributed by atoms with Crippen molar-refractivity contribution >= 4 is 23.4 Å². The van der Waals surface area contributed by atoms with Crippen LogP contribution in [-0.4, -0.2) is 29.0 Å². The zero-order chi connectivity index (χ0) is 17.0. The fraction of sp³-hybridized carbons (Fsp3) is 0.294. The van der Waals surface area contributed by atoms with Gasteiger partial charge in [-0.25, -0.2) is 0 Å². The smallest absolute Gasteiger partial charge is 0.323 e. The number of rotatable bonds is 6. The molecule has 1 aromatic heterocycles. The van der Waals surface area contributed by atoms with E-state index >= 15 is 0 Å². The van der Waals surface area contributed by atoms with Crippen LogP contribution in [0, 0.1) is 0 Å². The van der Waals surface area contributed by atoms with Crippen LogP contribution in [-0.2, 0) is 23.0 Å². The molecule has 0 aliphatic carbocycles. The highest BCUT2D eigenvalue weighted by Gasteiger charge is 2.19. The van der Waals surface area contributed by atoms with Crippen molar-refractivity contribution in [3.63, 3.8) is 0 Å². The van der Waals surface area contributed by atoms with E-state index in [1.165, 1.54) is 0 Å². The molecule has 122 valence electrons. The van der Waals surface area contributed by atoms with Gasteiger partial charge in [-0.15, -0.1) is 0 Å².